The summed E-state index contributed by atoms with van der Waals surface area (Å²) in [6, 6.07) is 12.2. The van der Waals surface area contributed by atoms with E-state index in [0.717, 1.165) is 28.0 Å². The summed E-state index contributed by atoms with van der Waals surface area (Å²) in [6.07, 6.45) is 0. The fraction of sp³-hybridized carbons (Fsp3) is 0.158. The first kappa shape index (κ1) is 16.6. The maximum Gasteiger partial charge on any atom is 0.335 e. The molecule has 1 aromatic heterocycles. The van der Waals surface area contributed by atoms with Crippen molar-refractivity contribution in [2.45, 2.75) is 6.92 Å². The molecule has 0 saturated heterocycles. The number of hydrogen-bond acceptors (Lipinski definition) is 5. The zero-order chi connectivity index (χ0) is 18.0. The van der Waals surface area contributed by atoms with Gasteiger partial charge < -0.3 is 19.9 Å². The van der Waals surface area contributed by atoms with Gasteiger partial charge in [0.2, 0.25) is 0 Å². The number of hydrogen-bond donors (Lipinski definition) is 2. The van der Waals surface area contributed by atoms with Gasteiger partial charge in [-0.3, -0.25) is 0 Å². The summed E-state index contributed by atoms with van der Waals surface area (Å²) in [5, 5.41) is 13.2. The zero-order valence-corrected chi connectivity index (χ0v) is 14.2. The van der Waals surface area contributed by atoms with E-state index in [0.29, 0.717) is 11.5 Å². The van der Waals surface area contributed by atoms with E-state index >= 15 is 0 Å². The van der Waals surface area contributed by atoms with Crippen LogP contribution in [-0.4, -0.2) is 30.3 Å². The molecule has 25 heavy (non-hydrogen) atoms. The number of pyridine rings is 1. The fourth-order valence-corrected chi connectivity index (χ4v) is 2.63. The topological polar surface area (TPSA) is 80.7 Å². The van der Waals surface area contributed by atoms with E-state index in [-0.39, 0.29) is 5.56 Å². The molecular weight excluding hydrogens is 320 g/mol. The number of carbonyl (C=O) groups is 1. The van der Waals surface area contributed by atoms with Crippen molar-refractivity contribution in [1.29, 1.82) is 0 Å². The lowest BCUT2D eigenvalue weighted by Gasteiger charge is -2.14. The van der Waals surface area contributed by atoms with E-state index in [9.17, 15) is 4.79 Å². The predicted molar refractivity (Wildman–Crippen MR) is 96.3 cm³/mol. The number of methoxy groups -OCH3 is 2. The Morgan fingerprint density at radius 2 is 1.80 bits per heavy atom. The van der Waals surface area contributed by atoms with Gasteiger partial charge in [0.15, 0.2) is 0 Å². The maximum absolute atomic E-state index is 11.0. The van der Waals surface area contributed by atoms with Gasteiger partial charge in [0.05, 0.1) is 25.5 Å². The molecule has 0 bridgehead atoms. The van der Waals surface area contributed by atoms with Crippen LogP contribution in [0.4, 0.5) is 11.4 Å². The highest BCUT2D eigenvalue weighted by molar-refractivity contribution is 5.98. The molecule has 0 spiro atoms. The van der Waals surface area contributed by atoms with E-state index in [1.54, 1.807) is 44.6 Å². The van der Waals surface area contributed by atoms with Crippen LogP contribution in [0.3, 0.4) is 0 Å². The third-order valence-electron chi connectivity index (χ3n) is 3.85. The molecule has 0 unspecified atom stereocenters. The second-order valence-corrected chi connectivity index (χ2v) is 5.54. The maximum atomic E-state index is 11.0. The molecule has 1 heterocycles. The molecule has 0 aliphatic rings. The Morgan fingerprint density at radius 1 is 1.08 bits per heavy atom. The van der Waals surface area contributed by atoms with Gasteiger partial charge in [-0.25, -0.2) is 9.78 Å². The number of fused-ring (bicyclic) bond motifs is 1. The molecule has 0 fully saturated rings. The largest absolute Gasteiger partial charge is 0.497 e. The standard InChI is InChI=1S/C19H18N2O4/c1-11-8-16(21-13-6-4-12(5-7-13)19(22)23)15-9-14(24-2)10-17(25-3)18(15)20-11/h4-10H,1-3H3,(H,20,21)(H,22,23). The van der Waals surface area contributed by atoms with Crippen LogP contribution in [0.2, 0.25) is 0 Å². The van der Waals surface area contributed by atoms with E-state index in [1.165, 1.54) is 0 Å². The molecule has 2 N–H and O–H groups in total. The number of anilines is 2. The summed E-state index contributed by atoms with van der Waals surface area (Å²) in [6.45, 7) is 1.90. The monoisotopic (exact) mass is 338 g/mol. The molecule has 0 aliphatic heterocycles. The fourth-order valence-electron chi connectivity index (χ4n) is 2.63. The quantitative estimate of drug-likeness (QED) is 0.732. The number of aryl methyl sites for hydroxylation is 1. The molecule has 3 rings (SSSR count). The minimum Gasteiger partial charge on any atom is -0.497 e. The molecular formula is C19H18N2O4. The summed E-state index contributed by atoms with van der Waals surface area (Å²) in [5.74, 6) is 0.341. The molecule has 3 aromatic rings. The average molecular weight is 338 g/mol. The van der Waals surface area contributed by atoms with Crippen molar-refractivity contribution < 1.29 is 19.4 Å². The number of carboxylic acid groups (broad SMARTS) is 1. The third-order valence-corrected chi connectivity index (χ3v) is 3.85. The lowest BCUT2D eigenvalue weighted by Crippen LogP contribution is -1.99. The number of rotatable bonds is 5. The summed E-state index contributed by atoms with van der Waals surface area (Å²) in [5.41, 5.74) is 3.42. The van der Waals surface area contributed by atoms with Gasteiger partial charge in [0, 0.05) is 22.8 Å². The first-order valence-electron chi connectivity index (χ1n) is 7.65. The van der Waals surface area contributed by atoms with Gasteiger partial charge >= 0.3 is 5.97 Å². The summed E-state index contributed by atoms with van der Waals surface area (Å²) >= 11 is 0. The lowest BCUT2D eigenvalue weighted by molar-refractivity contribution is 0.0697. The summed E-state index contributed by atoms with van der Waals surface area (Å²) < 4.78 is 10.8. The SMILES string of the molecule is COc1cc(OC)c2nc(C)cc(Nc3ccc(C(=O)O)cc3)c2c1. The van der Waals surface area contributed by atoms with Gasteiger partial charge in [-0.2, -0.15) is 0 Å². The van der Waals surface area contributed by atoms with Crippen molar-refractivity contribution >= 4 is 28.2 Å². The molecule has 0 amide bonds. The second kappa shape index (κ2) is 6.68. The van der Waals surface area contributed by atoms with E-state index in [1.807, 2.05) is 19.1 Å². The Balaban J connectivity index is 2.09. The molecule has 0 radical (unpaired) electrons. The highest BCUT2D eigenvalue weighted by atomic mass is 16.5. The third kappa shape index (κ3) is 3.33. The minimum absolute atomic E-state index is 0.240. The van der Waals surface area contributed by atoms with E-state index in [4.69, 9.17) is 14.6 Å². The second-order valence-electron chi connectivity index (χ2n) is 5.54. The number of ether oxygens (including phenoxy) is 2. The molecule has 0 saturated carbocycles. The van der Waals surface area contributed by atoms with Crippen molar-refractivity contribution in [1.82, 2.24) is 4.98 Å². The Morgan fingerprint density at radius 3 is 2.40 bits per heavy atom. The Labute approximate surface area is 145 Å². The summed E-state index contributed by atoms with van der Waals surface area (Å²) in [7, 11) is 3.19. The lowest BCUT2D eigenvalue weighted by atomic mass is 10.1. The van der Waals surface area contributed by atoms with Crippen LogP contribution in [-0.2, 0) is 0 Å². The number of benzene rings is 2. The van der Waals surface area contributed by atoms with Crippen LogP contribution in [0.15, 0.2) is 42.5 Å². The number of nitrogens with zero attached hydrogens (tertiary/aromatic N) is 1. The van der Waals surface area contributed by atoms with E-state index < -0.39 is 5.97 Å². The Bertz CT molecular complexity index is 936. The number of nitrogens with one attached hydrogen (secondary N) is 1. The van der Waals surface area contributed by atoms with Crippen molar-refractivity contribution in [3.63, 3.8) is 0 Å². The van der Waals surface area contributed by atoms with Crippen LogP contribution < -0.4 is 14.8 Å². The minimum atomic E-state index is -0.953. The van der Waals surface area contributed by atoms with E-state index in [2.05, 4.69) is 10.3 Å². The highest BCUT2D eigenvalue weighted by Gasteiger charge is 2.12. The number of carboxylic acids is 1. The van der Waals surface area contributed by atoms with Crippen LogP contribution in [0.25, 0.3) is 10.9 Å². The normalized spacial score (nSPS) is 10.5. The van der Waals surface area contributed by atoms with Crippen molar-refractivity contribution in [2.75, 3.05) is 19.5 Å². The number of aromatic nitrogens is 1. The smallest absolute Gasteiger partial charge is 0.335 e. The molecule has 2 aromatic carbocycles. The Hall–Kier alpha value is -3.28. The predicted octanol–water partition coefficient (Wildman–Crippen LogP) is 4.00. The summed E-state index contributed by atoms with van der Waals surface area (Å²) in [4.78, 5) is 15.5. The highest BCUT2D eigenvalue weighted by Crippen LogP contribution is 2.35. The zero-order valence-electron chi connectivity index (χ0n) is 14.2. The van der Waals surface area contributed by atoms with Gasteiger partial charge in [-0.1, -0.05) is 0 Å². The Kier molecular flexibility index (Phi) is 4.43. The molecule has 0 atom stereocenters. The first-order valence-corrected chi connectivity index (χ1v) is 7.65. The molecule has 128 valence electrons. The van der Waals surface area contributed by atoms with Gasteiger partial charge in [-0.05, 0) is 43.3 Å². The van der Waals surface area contributed by atoms with Gasteiger partial charge in [0.1, 0.15) is 17.0 Å². The van der Waals surface area contributed by atoms with Crippen molar-refractivity contribution in [3.8, 4) is 11.5 Å². The number of aromatic carboxylic acids is 1. The molecule has 6 heteroatoms. The molecule has 0 aliphatic carbocycles. The van der Waals surface area contributed by atoms with Crippen molar-refractivity contribution in [3.05, 3.63) is 53.7 Å². The van der Waals surface area contributed by atoms with Gasteiger partial charge in [-0.15, -0.1) is 0 Å². The molecule has 6 nitrogen and oxygen atoms in total. The van der Waals surface area contributed by atoms with Crippen LogP contribution in [0, 0.1) is 6.92 Å². The van der Waals surface area contributed by atoms with Crippen LogP contribution in [0.1, 0.15) is 16.1 Å². The first-order chi connectivity index (χ1) is 12.0. The van der Waals surface area contributed by atoms with Gasteiger partial charge in [0.25, 0.3) is 0 Å². The van der Waals surface area contributed by atoms with Crippen molar-refractivity contribution in [2.24, 2.45) is 0 Å². The van der Waals surface area contributed by atoms with Crippen LogP contribution in [0.5, 0.6) is 11.5 Å². The van der Waals surface area contributed by atoms with Crippen LogP contribution >= 0.6 is 0 Å². The average Bonchev–Trinajstić information content (AvgIpc) is 2.61.